The number of para-hydroxylation sites is 1. The number of aryl methyl sites for hydroxylation is 1. The van der Waals surface area contributed by atoms with Crippen LogP contribution in [-0.2, 0) is 14.3 Å². The van der Waals surface area contributed by atoms with Crippen LogP contribution in [0.25, 0.3) is 11.8 Å². The van der Waals surface area contributed by atoms with Crippen molar-refractivity contribution in [3.8, 4) is 5.69 Å². The topological polar surface area (TPSA) is 73.2 Å². The van der Waals surface area contributed by atoms with Crippen LogP contribution in [0.4, 0.5) is 14.5 Å². The first-order valence-corrected chi connectivity index (χ1v) is 10.5. The molecule has 2 aromatic carbocycles. The zero-order valence-electron chi connectivity index (χ0n) is 17.4. The smallest absolute Gasteiger partial charge is 0.331 e. The number of esters is 1. The van der Waals surface area contributed by atoms with Crippen LogP contribution < -0.4 is 5.32 Å². The monoisotopic (exact) mass is 457 g/mol. The number of nitrogens with zero attached hydrogens (tertiary/aromatic N) is 2. The molecule has 3 rings (SSSR count). The van der Waals surface area contributed by atoms with Crippen molar-refractivity contribution in [1.82, 2.24) is 9.78 Å². The van der Waals surface area contributed by atoms with Crippen LogP contribution in [0.1, 0.15) is 17.0 Å². The maximum Gasteiger partial charge on any atom is 0.331 e. The predicted molar refractivity (Wildman–Crippen MR) is 120 cm³/mol. The Morgan fingerprint density at radius 3 is 2.47 bits per heavy atom. The summed E-state index contributed by atoms with van der Waals surface area (Å²) in [6.45, 7) is 3.27. The van der Waals surface area contributed by atoms with Gasteiger partial charge in [-0.3, -0.25) is 4.79 Å². The molecule has 9 heteroatoms. The zero-order chi connectivity index (χ0) is 23.1. The van der Waals surface area contributed by atoms with E-state index in [0.717, 1.165) is 22.6 Å². The first-order valence-electron chi connectivity index (χ1n) is 9.64. The van der Waals surface area contributed by atoms with Crippen molar-refractivity contribution >= 4 is 35.4 Å². The quantitative estimate of drug-likeness (QED) is 0.293. The van der Waals surface area contributed by atoms with Gasteiger partial charge in [-0.15, -0.1) is 0 Å². The Morgan fingerprint density at radius 1 is 1.12 bits per heavy atom. The zero-order valence-corrected chi connectivity index (χ0v) is 18.2. The van der Waals surface area contributed by atoms with Gasteiger partial charge in [-0.1, -0.05) is 30.0 Å². The van der Waals surface area contributed by atoms with Crippen molar-refractivity contribution in [3.63, 3.8) is 0 Å². The first-order chi connectivity index (χ1) is 15.3. The minimum atomic E-state index is -2.51. The highest BCUT2D eigenvalue weighted by molar-refractivity contribution is 7.99. The molecule has 0 aliphatic carbocycles. The average Bonchev–Trinajstić information content (AvgIpc) is 3.06. The number of ether oxygens (including phenoxy) is 1. The van der Waals surface area contributed by atoms with E-state index in [2.05, 4.69) is 10.4 Å². The molecule has 0 saturated carbocycles. The fraction of sp³-hybridized carbons (Fsp3) is 0.174. The Balaban J connectivity index is 1.54. The second-order valence-electron chi connectivity index (χ2n) is 6.72. The van der Waals surface area contributed by atoms with E-state index in [1.165, 1.54) is 30.3 Å². The number of anilines is 1. The van der Waals surface area contributed by atoms with Gasteiger partial charge in [0.15, 0.2) is 6.61 Å². The maximum atomic E-state index is 12.3. The van der Waals surface area contributed by atoms with Gasteiger partial charge in [-0.2, -0.15) is 13.9 Å². The lowest BCUT2D eigenvalue weighted by molar-refractivity contribution is -0.142. The van der Waals surface area contributed by atoms with Gasteiger partial charge < -0.3 is 10.1 Å². The number of amides is 1. The summed E-state index contributed by atoms with van der Waals surface area (Å²) >= 11 is 0.417. The number of thioether (sulfide) groups is 1. The molecule has 1 heterocycles. The normalized spacial score (nSPS) is 11.2. The summed E-state index contributed by atoms with van der Waals surface area (Å²) in [5.74, 6) is -3.72. The van der Waals surface area contributed by atoms with E-state index in [1.807, 2.05) is 44.2 Å². The van der Waals surface area contributed by atoms with E-state index in [0.29, 0.717) is 22.3 Å². The second-order valence-corrected chi connectivity index (χ2v) is 7.79. The number of alkyl halides is 2. The van der Waals surface area contributed by atoms with Crippen molar-refractivity contribution in [1.29, 1.82) is 0 Å². The molecule has 1 N–H and O–H groups in total. The molecule has 0 saturated heterocycles. The van der Waals surface area contributed by atoms with Gasteiger partial charge in [-0.25, -0.2) is 9.48 Å². The van der Waals surface area contributed by atoms with Gasteiger partial charge in [0.2, 0.25) is 0 Å². The molecule has 166 valence electrons. The molecule has 0 bridgehead atoms. The fourth-order valence-electron chi connectivity index (χ4n) is 2.97. The van der Waals surface area contributed by atoms with Crippen LogP contribution in [0.2, 0.25) is 0 Å². The maximum absolute atomic E-state index is 12.3. The molecule has 0 spiro atoms. The van der Waals surface area contributed by atoms with E-state index in [4.69, 9.17) is 4.74 Å². The summed E-state index contributed by atoms with van der Waals surface area (Å²) in [5.41, 5.74) is 3.73. The van der Waals surface area contributed by atoms with Crippen LogP contribution in [0, 0.1) is 13.8 Å². The van der Waals surface area contributed by atoms with E-state index >= 15 is 0 Å². The lowest BCUT2D eigenvalue weighted by Crippen LogP contribution is -2.20. The number of rotatable bonds is 8. The summed E-state index contributed by atoms with van der Waals surface area (Å²) in [7, 11) is 0. The third-order valence-electron chi connectivity index (χ3n) is 4.44. The number of hydrogen-bond donors (Lipinski definition) is 1. The molecule has 1 amide bonds. The molecular formula is C23H21F2N3O3S. The van der Waals surface area contributed by atoms with Gasteiger partial charge >= 0.3 is 5.97 Å². The van der Waals surface area contributed by atoms with Crippen molar-refractivity contribution in [3.05, 3.63) is 77.6 Å². The molecule has 0 radical (unpaired) electrons. The number of nitrogens with one attached hydrogen (secondary N) is 1. The standard InChI is InChI=1S/C23H21F2N3O3S/c1-15-20(16(2)28(27-15)18-6-4-3-5-7-18)12-13-22(30)31-14-21(29)26-17-8-10-19(11-9-17)32-23(24)25/h3-13,23H,14H2,1-2H3,(H,26,29)/b13-12+. The van der Waals surface area contributed by atoms with Crippen LogP contribution in [-0.4, -0.2) is 34.0 Å². The number of halogens is 2. The van der Waals surface area contributed by atoms with Gasteiger partial charge in [0, 0.05) is 27.9 Å². The number of carbonyl (C=O) groups is 2. The molecule has 0 aliphatic rings. The average molecular weight is 458 g/mol. The third-order valence-corrected chi connectivity index (χ3v) is 5.17. The number of aromatic nitrogens is 2. The number of carbonyl (C=O) groups excluding carboxylic acids is 2. The Labute approximate surface area is 188 Å². The van der Waals surface area contributed by atoms with Gasteiger partial charge in [0.25, 0.3) is 11.7 Å². The minimum absolute atomic E-state index is 0.385. The summed E-state index contributed by atoms with van der Waals surface area (Å²) in [6, 6.07) is 15.6. The van der Waals surface area contributed by atoms with E-state index in [9.17, 15) is 18.4 Å². The molecule has 3 aromatic rings. The molecule has 0 unspecified atom stereocenters. The molecule has 6 nitrogen and oxygen atoms in total. The van der Waals surface area contributed by atoms with Gasteiger partial charge in [-0.05, 0) is 56.3 Å². The van der Waals surface area contributed by atoms with Crippen LogP contribution in [0.5, 0.6) is 0 Å². The van der Waals surface area contributed by atoms with Crippen LogP contribution in [0.15, 0.2) is 65.6 Å². The Bertz CT molecular complexity index is 1110. The van der Waals surface area contributed by atoms with Crippen molar-refractivity contribution < 1.29 is 23.1 Å². The van der Waals surface area contributed by atoms with Crippen molar-refractivity contribution in [2.45, 2.75) is 24.5 Å². The Kier molecular flexibility index (Phi) is 7.77. The summed E-state index contributed by atoms with van der Waals surface area (Å²) in [5, 5.41) is 7.05. The molecule has 1 aromatic heterocycles. The molecule has 0 aliphatic heterocycles. The van der Waals surface area contributed by atoms with Crippen molar-refractivity contribution in [2.75, 3.05) is 11.9 Å². The fourth-order valence-corrected chi connectivity index (χ4v) is 3.47. The first kappa shape index (κ1) is 23.2. The van der Waals surface area contributed by atoms with Gasteiger partial charge in [0.1, 0.15) is 0 Å². The van der Waals surface area contributed by atoms with E-state index in [-0.39, 0.29) is 0 Å². The van der Waals surface area contributed by atoms with Crippen LogP contribution in [0.3, 0.4) is 0 Å². The predicted octanol–water partition coefficient (Wildman–Crippen LogP) is 5.00. The SMILES string of the molecule is Cc1nn(-c2ccccc2)c(C)c1/C=C/C(=O)OCC(=O)Nc1ccc(SC(F)F)cc1. The largest absolute Gasteiger partial charge is 0.452 e. The Hall–Kier alpha value is -3.46. The second kappa shape index (κ2) is 10.7. The highest BCUT2D eigenvalue weighted by Gasteiger charge is 2.12. The highest BCUT2D eigenvalue weighted by atomic mass is 32.2. The highest BCUT2D eigenvalue weighted by Crippen LogP contribution is 2.26. The Morgan fingerprint density at radius 2 is 1.81 bits per heavy atom. The van der Waals surface area contributed by atoms with Gasteiger partial charge in [0.05, 0.1) is 11.4 Å². The van der Waals surface area contributed by atoms with E-state index < -0.39 is 24.2 Å². The third kappa shape index (κ3) is 6.27. The van der Waals surface area contributed by atoms with Crippen molar-refractivity contribution in [2.24, 2.45) is 0 Å². The molecule has 0 atom stereocenters. The number of hydrogen-bond acceptors (Lipinski definition) is 5. The lowest BCUT2D eigenvalue weighted by atomic mass is 10.2. The van der Waals surface area contributed by atoms with Crippen LogP contribution >= 0.6 is 11.8 Å². The molecular weight excluding hydrogens is 436 g/mol. The molecule has 0 fully saturated rings. The summed E-state index contributed by atoms with van der Waals surface area (Å²) in [6.07, 6.45) is 2.85. The summed E-state index contributed by atoms with van der Waals surface area (Å²) in [4.78, 5) is 24.4. The minimum Gasteiger partial charge on any atom is -0.452 e. The molecule has 32 heavy (non-hydrogen) atoms. The van der Waals surface area contributed by atoms with E-state index in [1.54, 1.807) is 10.8 Å². The number of benzene rings is 2. The lowest BCUT2D eigenvalue weighted by Gasteiger charge is -2.06. The summed E-state index contributed by atoms with van der Waals surface area (Å²) < 4.78 is 31.4.